The zero-order chi connectivity index (χ0) is 18.5. The van der Waals surface area contributed by atoms with Crippen molar-refractivity contribution in [2.45, 2.75) is 24.4 Å². The molecule has 0 aliphatic rings. The third kappa shape index (κ3) is 4.44. The summed E-state index contributed by atoms with van der Waals surface area (Å²) < 4.78 is 2.43. The van der Waals surface area contributed by atoms with Crippen molar-refractivity contribution >= 4 is 41.2 Å². The summed E-state index contributed by atoms with van der Waals surface area (Å²) in [5.41, 5.74) is 1.12. The number of benzene rings is 1. The van der Waals surface area contributed by atoms with Crippen LogP contribution in [0.4, 0.5) is 0 Å². The molecule has 0 unspecified atom stereocenters. The highest BCUT2D eigenvalue weighted by atomic mass is 32.2. The van der Waals surface area contributed by atoms with Gasteiger partial charge in [-0.25, -0.2) is 0 Å². The lowest BCUT2D eigenvalue weighted by Gasteiger charge is -2.18. The van der Waals surface area contributed by atoms with Crippen molar-refractivity contribution in [3.8, 4) is 10.7 Å². The van der Waals surface area contributed by atoms with Crippen LogP contribution in [0.3, 0.4) is 0 Å². The SMILES string of the molecule is CSc1ccc(CN(C)C(=O)CCn2c(-c3cccs3)n[nH]c2=S)cc1. The molecule has 3 aromatic rings. The number of rotatable bonds is 7. The molecule has 0 fully saturated rings. The fraction of sp³-hybridized carbons (Fsp3) is 0.278. The minimum atomic E-state index is 0.0826. The summed E-state index contributed by atoms with van der Waals surface area (Å²) in [6.45, 7) is 1.11. The van der Waals surface area contributed by atoms with Crippen molar-refractivity contribution < 1.29 is 4.79 Å². The number of thioether (sulfide) groups is 1. The number of hydrogen-bond acceptors (Lipinski definition) is 5. The van der Waals surface area contributed by atoms with Crippen LogP contribution in [0, 0.1) is 4.77 Å². The molecule has 0 aliphatic carbocycles. The highest BCUT2D eigenvalue weighted by Gasteiger charge is 2.14. The summed E-state index contributed by atoms with van der Waals surface area (Å²) in [5.74, 6) is 0.868. The van der Waals surface area contributed by atoms with Gasteiger partial charge in [0.2, 0.25) is 5.91 Å². The summed E-state index contributed by atoms with van der Waals surface area (Å²) >= 11 is 8.63. The van der Waals surface area contributed by atoms with Gasteiger partial charge in [0.15, 0.2) is 10.6 Å². The molecular formula is C18H20N4OS3. The first kappa shape index (κ1) is 18.9. The second-order valence-corrected chi connectivity index (χ2v) is 8.04. The minimum Gasteiger partial charge on any atom is -0.341 e. The molecule has 1 amide bonds. The Morgan fingerprint density at radius 1 is 1.35 bits per heavy atom. The molecule has 1 aromatic carbocycles. The van der Waals surface area contributed by atoms with E-state index >= 15 is 0 Å². The van der Waals surface area contributed by atoms with Crippen molar-refractivity contribution in [1.82, 2.24) is 19.7 Å². The third-order valence-electron chi connectivity index (χ3n) is 4.05. The molecule has 0 spiro atoms. The summed E-state index contributed by atoms with van der Waals surface area (Å²) in [4.78, 5) is 16.5. The second-order valence-electron chi connectivity index (χ2n) is 5.83. The fourth-order valence-electron chi connectivity index (χ4n) is 2.61. The second kappa shape index (κ2) is 8.66. The van der Waals surface area contributed by atoms with E-state index in [0.29, 0.717) is 24.3 Å². The fourth-order valence-corrected chi connectivity index (χ4v) is 3.96. The third-order valence-corrected chi connectivity index (χ3v) is 5.97. The first-order valence-corrected chi connectivity index (χ1v) is 10.7. The smallest absolute Gasteiger partial charge is 0.224 e. The van der Waals surface area contributed by atoms with Gasteiger partial charge < -0.3 is 4.90 Å². The predicted octanol–water partition coefficient (Wildman–Crippen LogP) is 4.44. The minimum absolute atomic E-state index is 0.0826. The van der Waals surface area contributed by atoms with Crippen LogP contribution in [0.2, 0.25) is 0 Å². The van der Waals surface area contributed by atoms with Gasteiger partial charge >= 0.3 is 0 Å². The number of amides is 1. The lowest BCUT2D eigenvalue weighted by atomic mass is 10.2. The molecule has 0 radical (unpaired) electrons. The number of thiophene rings is 1. The molecule has 1 N–H and O–H groups in total. The number of nitrogens with zero attached hydrogens (tertiary/aromatic N) is 3. The van der Waals surface area contributed by atoms with Crippen molar-refractivity contribution in [3.63, 3.8) is 0 Å². The average Bonchev–Trinajstić information content (AvgIpc) is 3.30. The van der Waals surface area contributed by atoms with Gasteiger partial charge in [0.05, 0.1) is 4.88 Å². The molecule has 8 heteroatoms. The van der Waals surface area contributed by atoms with E-state index in [-0.39, 0.29) is 5.91 Å². The zero-order valence-corrected chi connectivity index (χ0v) is 17.1. The Bertz CT molecular complexity index is 913. The summed E-state index contributed by atoms with van der Waals surface area (Å²) in [6, 6.07) is 12.3. The van der Waals surface area contributed by atoms with Crippen LogP contribution >= 0.6 is 35.3 Å². The lowest BCUT2D eigenvalue weighted by Crippen LogP contribution is -2.27. The summed E-state index contributed by atoms with van der Waals surface area (Å²) in [5, 5.41) is 9.12. The van der Waals surface area contributed by atoms with Crippen molar-refractivity contribution in [2.75, 3.05) is 13.3 Å². The van der Waals surface area contributed by atoms with Gasteiger partial charge in [-0.1, -0.05) is 18.2 Å². The van der Waals surface area contributed by atoms with Gasteiger partial charge in [0.25, 0.3) is 0 Å². The van der Waals surface area contributed by atoms with Crippen LogP contribution < -0.4 is 0 Å². The monoisotopic (exact) mass is 404 g/mol. The normalized spacial score (nSPS) is 10.8. The molecule has 0 saturated carbocycles. The van der Waals surface area contributed by atoms with Crippen LogP contribution in [0.1, 0.15) is 12.0 Å². The molecule has 5 nitrogen and oxygen atoms in total. The van der Waals surface area contributed by atoms with Gasteiger partial charge in [-0.2, -0.15) is 5.10 Å². The average molecular weight is 405 g/mol. The summed E-state index contributed by atoms with van der Waals surface area (Å²) in [7, 11) is 1.83. The Hall–Kier alpha value is -1.90. The maximum Gasteiger partial charge on any atom is 0.224 e. The Kier molecular flexibility index (Phi) is 6.29. The predicted molar refractivity (Wildman–Crippen MR) is 110 cm³/mol. The van der Waals surface area contributed by atoms with Crippen molar-refractivity contribution in [2.24, 2.45) is 0 Å². The largest absolute Gasteiger partial charge is 0.341 e. The molecular weight excluding hydrogens is 384 g/mol. The molecule has 3 rings (SSSR count). The molecule has 0 atom stereocenters. The Morgan fingerprint density at radius 2 is 2.12 bits per heavy atom. The maximum absolute atomic E-state index is 12.5. The van der Waals surface area contributed by atoms with Crippen molar-refractivity contribution in [1.29, 1.82) is 0 Å². The van der Waals surface area contributed by atoms with E-state index in [4.69, 9.17) is 12.2 Å². The van der Waals surface area contributed by atoms with E-state index in [1.165, 1.54) is 4.90 Å². The molecule has 136 valence electrons. The first-order chi connectivity index (χ1) is 12.6. The van der Waals surface area contributed by atoms with Crippen LogP contribution in [0.5, 0.6) is 0 Å². The number of aromatic amines is 1. The van der Waals surface area contributed by atoms with Gasteiger partial charge in [-0.3, -0.25) is 14.5 Å². The molecule has 2 heterocycles. The molecule has 0 bridgehead atoms. The van der Waals surface area contributed by atoms with Gasteiger partial charge in [0.1, 0.15) is 0 Å². The number of carbonyl (C=O) groups is 1. The Labute approximate surface area is 166 Å². The van der Waals surface area contributed by atoms with Gasteiger partial charge in [-0.05, 0) is 47.6 Å². The lowest BCUT2D eigenvalue weighted by molar-refractivity contribution is -0.130. The van der Waals surface area contributed by atoms with E-state index in [2.05, 4.69) is 40.7 Å². The number of hydrogen-bond donors (Lipinski definition) is 1. The highest BCUT2D eigenvalue weighted by molar-refractivity contribution is 7.98. The van der Waals surface area contributed by atoms with E-state index in [1.54, 1.807) is 28.0 Å². The Morgan fingerprint density at radius 3 is 2.77 bits per heavy atom. The number of nitrogens with one attached hydrogen (secondary N) is 1. The quantitative estimate of drug-likeness (QED) is 0.467. The van der Waals surface area contributed by atoms with Crippen LogP contribution in [0.25, 0.3) is 10.7 Å². The Balaban J connectivity index is 1.62. The standard InChI is InChI=1S/C18H20N4OS3/c1-21(12-13-5-7-14(25-2)8-6-13)16(23)9-10-22-17(19-20-18(22)24)15-4-3-11-26-15/h3-8,11H,9-10,12H2,1-2H3,(H,20,24). The van der Waals surface area contributed by atoms with Crippen LogP contribution in [0.15, 0.2) is 46.7 Å². The molecule has 0 aliphatic heterocycles. The van der Waals surface area contributed by atoms with E-state index in [1.807, 2.05) is 29.1 Å². The molecule has 26 heavy (non-hydrogen) atoms. The number of carbonyl (C=O) groups excluding carboxylic acids is 1. The molecule has 2 aromatic heterocycles. The summed E-state index contributed by atoms with van der Waals surface area (Å²) in [6.07, 6.45) is 2.43. The molecule has 0 saturated heterocycles. The maximum atomic E-state index is 12.5. The van der Waals surface area contributed by atoms with Gasteiger partial charge in [-0.15, -0.1) is 23.1 Å². The van der Waals surface area contributed by atoms with E-state index < -0.39 is 0 Å². The number of aromatic nitrogens is 3. The highest BCUT2D eigenvalue weighted by Crippen LogP contribution is 2.23. The van der Waals surface area contributed by atoms with E-state index in [9.17, 15) is 4.79 Å². The van der Waals surface area contributed by atoms with E-state index in [0.717, 1.165) is 16.3 Å². The zero-order valence-electron chi connectivity index (χ0n) is 14.6. The van der Waals surface area contributed by atoms with Crippen molar-refractivity contribution in [3.05, 3.63) is 52.1 Å². The van der Waals surface area contributed by atoms with Gasteiger partial charge in [0, 0.05) is 31.5 Å². The van der Waals surface area contributed by atoms with Crippen LogP contribution in [-0.4, -0.2) is 38.9 Å². The topological polar surface area (TPSA) is 53.9 Å². The number of H-pyrrole nitrogens is 1. The van der Waals surface area contributed by atoms with Crippen LogP contribution in [-0.2, 0) is 17.9 Å². The first-order valence-electron chi connectivity index (χ1n) is 8.14.